The smallest absolute Gasteiger partial charge is 0.288 e. The van der Waals surface area contributed by atoms with Crippen LogP contribution >= 0.6 is 23.2 Å². The summed E-state index contributed by atoms with van der Waals surface area (Å²) < 4.78 is 1.18. The fraction of sp³-hybridized carbons (Fsp3) is 0.167. The molecule has 0 bridgehead atoms. The molecule has 0 atom stereocenters. The molecule has 0 aromatic carbocycles. The van der Waals surface area contributed by atoms with E-state index in [9.17, 15) is 14.9 Å². The molecule has 2 rings (SSSR count). The summed E-state index contributed by atoms with van der Waals surface area (Å²) in [5, 5.41) is 11.5. The van der Waals surface area contributed by atoms with Crippen LogP contribution in [0.4, 0.5) is 5.69 Å². The van der Waals surface area contributed by atoms with Crippen LogP contribution in [0.5, 0.6) is 0 Å². The molecule has 0 unspecified atom stereocenters. The van der Waals surface area contributed by atoms with Crippen molar-refractivity contribution in [2.24, 2.45) is 0 Å². The molecule has 0 aliphatic heterocycles. The van der Waals surface area contributed by atoms with Crippen LogP contribution in [-0.2, 0) is 6.54 Å². The molecule has 0 saturated heterocycles. The van der Waals surface area contributed by atoms with Gasteiger partial charge in [0.15, 0.2) is 0 Å². The lowest BCUT2D eigenvalue weighted by Crippen LogP contribution is -2.21. The van der Waals surface area contributed by atoms with Gasteiger partial charge in [-0.25, -0.2) is 4.98 Å². The topological polar surface area (TPSA) is 78.0 Å². The normalized spacial score (nSPS) is 10.6. The minimum Gasteiger partial charge on any atom is -0.303 e. The van der Waals surface area contributed by atoms with Gasteiger partial charge < -0.3 is 4.57 Å². The largest absolute Gasteiger partial charge is 0.303 e. The van der Waals surface area contributed by atoms with Crippen LogP contribution in [0.25, 0.3) is 0 Å². The van der Waals surface area contributed by atoms with Crippen LogP contribution in [0.1, 0.15) is 11.3 Å². The lowest BCUT2D eigenvalue weighted by molar-refractivity contribution is -0.385. The average Bonchev–Trinajstić information content (AvgIpc) is 2.36. The van der Waals surface area contributed by atoms with Crippen molar-refractivity contribution in [3.63, 3.8) is 0 Å². The standard InChI is InChI=1S/C12H9Cl2N3O3/c1-7-4-12(18)16(6-10(7)17(19)20)5-9-8(13)2-3-11(14)15-9/h2-4,6H,5H2,1H3. The molecule has 0 fully saturated rings. The summed E-state index contributed by atoms with van der Waals surface area (Å²) in [7, 11) is 0. The van der Waals surface area contributed by atoms with Gasteiger partial charge in [0.05, 0.1) is 28.4 Å². The molecular formula is C12H9Cl2N3O3. The van der Waals surface area contributed by atoms with E-state index in [1.807, 2.05) is 0 Å². The van der Waals surface area contributed by atoms with Crippen molar-refractivity contribution in [2.75, 3.05) is 0 Å². The Labute approximate surface area is 123 Å². The molecule has 2 heterocycles. The van der Waals surface area contributed by atoms with Crippen molar-refractivity contribution < 1.29 is 4.92 Å². The Balaban J connectivity index is 2.48. The van der Waals surface area contributed by atoms with Gasteiger partial charge in [0.25, 0.3) is 11.2 Å². The van der Waals surface area contributed by atoms with Crippen molar-refractivity contribution >= 4 is 28.9 Å². The first-order chi connectivity index (χ1) is 9.38. The first-order valence-corrected chi connectivity index (χ1v) is 6.30. The molecule has 2 aromatic heterocycles. The van der Waals surface area contributed by atoms with Crippen LogP contribution in [-0.4, -0.2) is 14.5 Å². The Bertz CT molecular complexity index is 743. The highest BCUT2D eigenvalue weighted by Gasteiger charge is 2.14. The highest BCUT2D eigenvalue weighted by molar-refractivity contribution is 6.32. The molecule has 0 N–H and O–H groups in total. The summed E-state index contributed by atoms with van der Waals surface area (Å²) in [5.41, 5.74) is 0.175. The number of hydrogen-bond donors (Lipinski definition) is 0. The maximum Gasteiger partial charge on any atom is 0.288 e. The third-order valence-electron chi connectivity index (χ3n) is 2.71. The fourth-order valence-corrected chi connectivity index (χ4v) is 2.03. The van der Waals surface area contributed by atoms with E-state index in [-0.39, 0.29) is 22.9 Å². The van der Waals surface area contributed by atoms with E-state index in [2.05, 4.69) is 4.98 Å². The molecule has 0 amide bonds. The third-order valence-corrected chi connectivity index (χ3v) is 3.26. The minimum atomic E-state index is -0.543. The first kappa shape index (κ1) is 14.5. The molecule has 0 aliphatic rings. The van der Waals surface area contributed by atoms with Crippen LogP contribution in [0.15, 0.2) is 29.2 Å². The molecule has 104 valence electrons. The van der Waals surface area contributed by atoms with Crippen LogP contribution < -0.4 is 5.56 Å². The molecule has 6 nitrogen and oxygen atoms in total. The van der Waals surface area contributed by atoms with E-state index in [1.165, 1.54) is 29.8 Å². The molecule has 0 saturated carbocycles. The lowest BCUT2D eigenvalue weighted by atomic mass is 10.2. The van der Waals surface area contributed by atoms with Gasteiger partial charge in [-0.15, -0.1) is 0 Å². The van der Waals surface area contributed by atoms with E-state index in [1.54, 1.807) is 6.07 Å². The monoisotopic (exact) mass is 313 g/mol. The Morgan fingerprint density at radius 2 is 2.10 bits per heavy atom. The number of halogens is 2. The van der Waals surface area contributed by atoms with Gasteiger partial charge >= 0.3 is 0 Å². The maximum atomic E-state index is 11.9. The molecular weight excluding hydrogens is 305 g/mol. The number of hydrogen-bond acceptors (Lipinski definition) is 4. The molecule has 8 heteroatoms. The summed E-state index contributed by atoms with van der Waals surface area (Å²) in [5.74, 6) is 0. The Kier molecular flexibility index (Phi) is 4.06. The van der Waals surface area contributed by atoms with E-state index in [4.69, 9.17) is 23.2 Å². The Morgan fingerprint density at radius 3 is 2.75 bits per heavy atom. The second-order valence-corrected chi connectivity index (χ2v) is 4.92. The highest BCUT2D eigenvalue weighted by atomic mass is 35.5. The Hall–Kier alpha value is -1.92. The van der Waals surface area contributed by atoms with Crippen LogP contribution in [0.2, 0.25) is 10.2 Å². The summed E-state index contributed by atoms with van der Waals surface area (Å²) in [6.45, 7) is 1.52. The lowest BCUT2D eigenvalue weighted by Gasteiger charge is -2.08. The quantitative estimate of drug-likeness (QED) is 0.496. The third kappa shape index (κ3) is 2.97. The van der Waals surface area contributed by atoms with Gasteiger partial charge in [-0.2, -0.15) is 0 Å². The first-order valence-electron chi connectivity index (χ1n) is 5.55. The number of nitro groups is 1. The van der Waals surface area contributed by atoms with Gasteiger partial charge in [-0.3, -0.25) is 14.9 Å². The predicted molar refractivity (Wildman–Crippen MR) is 75.5 cm³/mol. The van der Waals surface area contributed by atoms with Gasteiger partial charge in [0, 0.05) is 11.6 Å². The molecule has 0 aliphatic carbocycles. The number of aromatic nitrogens is 2. The maximum absolute atomic E-state index is 11.9. The zero-order valence-corrected chi connectivity index (χ0v) is 11.9. The van der Waals surface area contributed by atoms with Gasteiger partial charge in [0.2, 0.25) is 0 Å². The average molecular weight is 314 g/mol. The zero-order chi connectivity index (χ0) is 14.9. The number of nitrogens with zero attached hydrogens (tertiary/aromatic N) is 3. The predicted octanol–water partition coefficient (Wildman–Crippen LogP) is 2.82. The fourth-order valence-electron chi connectivity index (χ4n) is 1.70. The number of rotatable bonds is 3. The van der Waals surface area contributed by atoms with Gasteiger partial charge in [0.1, 0.15) is 5.15 Å². The molecule has 0 radical (unpaired) electrons. The van der Waals surface area contributed by atoms with Crippen molar-refractivity contribution in [1.82, 2.24) is 9.55 Å². The second kappa shape index (κ2) is 5.60. The summed E-state index contributed by atoms with van der Waals surface area (Å²) in [6.07, 6.45) is 1.18. The summed E-state index contributed by atoms with van der Waals surface area (Å²) in [6, 6.07) is 4.28. The van der Waals surface area contributed by atoms with E-state index in [0.717, 1.165) is 0 Å². The highest BCUT2D eigenvalue weighted by Crippen LogP contribution is 2.19. The van der Waals surface area contributed by atoms with Gasteiger partial charge in [-0.05, 0) is 19.1 Å². The molecule has 20 heavy (non-hydrogen) atoms. The van der Waals surface area contributed by atoms with E-state index >= 15 is 0 Å². The van der Waals surface area contributed by atoms with Crippen molar-refractivity contribution in [2.45, 2.75) is 13.5 Å². The van der Waals surface area contributed by atoms with Crippen LogP contribution in [0, 0.1) is 17.0 Å². The molecule has 2 aromatic rings. The van der Waals surface area contributed by atoms with Crippen LogP contribution in [0.3, 0.4) is 0 Å². The van der Waals surface area contributed by atoms with Crippen molar-refractivity contribution in [1.29, 1.82) is 0 Å². The zero-order valence-electron chi connectivity index (χ0n) is 10.3. The summed E-state index contributed by atoms with van der Waals surface area (Å²) in [4.78, 5) is 26.2. The molecule has 0 spiro atoms. The van der Waals surface area contributed by atoms with E-state index < -0.39 is 4.92 Å². The summed E-state index contributed by atoms with van der Waals surface area (Å²) >= 11 is 11.7. The minimum absolute atomic E-state index is 0.0132. The van der Waals surface area contributed by atoms with Crippen molar-refractivity contribution in [3.8, 4) is 0 Å². The number of aryl methyl sites for hydroxylation is 1. The SMILES string of the molecule is Cc1cc(=O)n(Cc2nc(Cl)ccc2Cl)cc1[N+](=O)[O-]. The number of pyridine rings is 2. The second-order valence-electron chi connectivity index (χ2n) is 4.13. The Morgan fingerprint density at radius 1 is 1.40 bits per heavy atom. The van der Waals surface area contributed by atoms with Gasteiger partial charge in [-0.1, -0.05) is 23.2 Å². The van der Waals surface area contributed by atoms with E-state index in [0.29, 0.717) is 16.3 Å². The van der Waals surface area contributed by atoms with Crippen molar-refractivity contribution in [3.05, 3.63) is 66.3 Å².